The largest absolute Gasteiger partial charge is 0.480 e. The number of carboxylic acid groups (broad SMARTS) is 1. The van der Waals surface area contributed by atoms with Crippen LogP contribution in [0.25, 0.3) is 0 Å². The van der Waals surface area contributed by atoms with E-state index >= 15 is 0 Å². The first-order valence-electron chi connectivity index (χ1n) is 4.45. The van der Waals surface area contributed by atoms with E-state index in [4.69, 9.17) is 23.4 Å². The predicted octanol–water partition coefficient (Wildman–Crippen LogP) is 0.346. The van der Waals surface area contributed by atoms with Crippen LogP contribution in [0.2, 0.25) is 0 Å². The van der Waals surface area contributed by atoms with Crippen molar-refractivity contribution in [1.82, 2.24) is 0 Å². The Labute approximate surface area is 86.2 Å². The first kappa shape index (κ1) is 13.5. The van der Waals surface area contributed by atoms with E-state index in [1.807, 2.05) is 0 Å². The molecule has 2 unspecified atom stereocenters. The zero-order valence-corrected chi connectivity index (χ0v) is 9.20. The first-order chi connectivity index (χ1) is 6.12. The van der Waals surface area contributed by atoms with Gasteiger partial charge < -0.3 is 15.6 Å². The van der Waals surface area contributed by atoms with Gasteiger partial charge in [-0.1, -0.05) is 13.8 Å². The molecule has 0 aliphatic carbocycles. The summed E-state index contributed by atoms with van der Waals surface area (Å²) in [5, 5.41) is 8.78. The Morgan fingerprint density at radius 3 is 2.29 bits per heavy atom. The second kappa shape index (κ2) is 4.32. The summed E-state index contributed by atoms with van der Waals surface area (Å²) in [5.74, 6) is -1.03. The molecule has 0 aliphatic rings. The molecule has 0 fully saturated rings. The lowest BCUT2D eigenvalue weighted by Crippen LogP contribution is -2.48. The van der Waals surface area contributed by atoms with Gasteiger partial charge in [-0.05, 0) is 18.8 Å². The highest BCUT2D eigenvalue weighted by atomic mass is 16.5. The van der Waals surface area contributed by atoms with Crippen LogP contribution in [0, 0.1) is 5.41 Å². The maximum atomic E-state index is 10.7. The van der Waals surface area contributed by atoms with Gasteiger partial charge in [-0.3, -0.25) is 4.79 Å². The second-order valence-corrected chi connectivity index (χ2v) is 4.50. The fourth-order valence-electron chi connectivity index (χ4n) is 1.42. The molecule has 14 heavy (non-hydrogen) atoms. The van der Waals surface area contributed by atoms with Crippen molar-refractivity contribution in [2.24, 2.45) is 11.1 Å². The van der Waals surface area contributed by atoms with Crippen molar-refractivity contribution in [3.63, 3.8) is 0 Å². The van der Waals surface area contributed by atoms with Crippen molar-refractivity contribution < 1.29 is 14.6 Å². The Kier molecular flexibility index (Phi) is 4.15. The van der Waals surface area contributed by atoms with Gasteiger partial charge in [0.1, 0.15) is 13.9 Å². The number of hydrogen-bond donors (Lipinski definition) is 2. The summed E-state index contributed by atoms with van der Waals surface area (Å²) in [6.45, 7) is 5.22. The molecular formula is C9H18BNO3. The van der Waals surface area contributed by atoms with Gasteiger partial charge in [-0.2, -0.15) is 0 Å². The van der Waals surface area contributed by atoms with Crippen molar-refractivity contribution in [2.75, 3.05) is 7.11 Å². The van der Waals surface area contributed by atoms with Crippen molar-refractivity contribution in [2.45, 2.75) is 38.7 Å². The van der Waals surface area contributed by atoms with Gasteiger partial charge in [0, 0.05) is 12.6 Å². The molecule has 0 aliphatic heterocycles. The van der Waals surface area contributed by atoms with Crippen LogP contribution in [0.15, 0.2) is 0 Å². The number of nitrogens with two attached hydrogens (primary N) is 1. The number of methoxy groups -OCH3 is 1. The minimum Gasteiger partial charge on any atom is -0.480 e. The molecule has 0 heterocycles. The molecule has 0 aromatic rings. The second-order valence-electron chi connectivity index (χ2n) is 4.50. The molecule has 4 nitrogen and oxygen atoms in total. The van der Waals surface area contributed by atoms with Gasteiger partial charge in [-0.25, -0.2) is 0 Å². The molecule has 0 saturated carbocycles. The topological polar surface area (TPSA) is 72.6 Å². The zero-order chi connectivity index (χ0) is 11.6. The molecule has 0 aromatic carbocycles. The Hall–Kier alpha value is -0.545. The summed E-state index contributed by atoms with van der Waals surface area (Å²) in [6.07, 6.45) is 0.379. The Balaban J connectivity index is 4.56. The van der Waals surface area contributed by atoms with E-state index in [1.54, 1.807) is 20.8 Å². The van der Waals surface area contributed by atoms with Crippen molar-refractivity contribution in [3.05, 3.63) is 0 Å². The molecule has 2 radical (unpaired) electrons. The number of rotatable bonds is 5. The Bertz CT molecular complexity index is 216. The molecular weight excluding hydrogens is 181 g/mol. The van der Waals surface area contributed by atoms with Crippen LogP contribution in [-0.4, -0.2) is 37.6 Å². The van der Waals surface area contributed by atoms with Gasteiger partial charge in [0.05, 0.1) is 0 Å². The summed E-state index contributed by atoms with van der Waals surface area (Å²) in [4.78, 5) is 10.7. The fraction of sp³-hybridized carbons (Fsp3) is 0.889. The van der Waals surface area contributed by atoms with Crippen molar-refractivity contribution in [3.8, 4) is 0 Å². The van der Waals surface area contributed by atoms with Crippen LogP contribution < -0.4 is 5.73 Å². The average Bonchev–Trinajstić information content (AvgIpc) is 2.01. The van der Waals surface area contributed by atoms with Crippen LogP contribution >= 0.6 is 0 Å². The van der Waals surface area contributed by atoms with E-state index in [0.717, 1.165) is 0 Å². The van der Waals surface area contributed by atoms with Crippen molar-refractivity contribution in [1.29, 1.82) is 0 Å². The van der Waals surface area contributed by atoms with Crippen LogP contribution in [-0.2, 0) is 9.53 Å². The maximum absolute atomic E-state index is 10.7. The minimum atomic E-state index is -1.03. The highest BCUT2D eigenvalue weighted by Gasteiger charge is 2.36. The SMILES string of the molecule is [B]C(C)(CC(C)(C)C(N)C(=O)O)OC. The summed E-state index contributed by atoms with van der Waals surface area (Å²) < 4.78 is 5.03. The maximum Gasteiger partial charge on any atom is 0.321 e. The molecule has 2 atom stereocenters. The van der Waals surface area contributed by atoms with Gasteiger partial charge in [0.2, 0.25) is 0 Å². The van der Waals surface area contributed by atoms with E-state index in [-0.39, 0.29) is 0 Å². The molecule has 0 saturated heterocycles. The molecule has 0 rings (SSSR count). The summed E-state index contributed by atoms with van der Waals surface area (Å²) in [5.41, 5.74) is 4.09. The first-order valence-corrected chi connectivity index (χ1v) is 4.45. The predicted molar refractivity (Wildman–Crippen MR) is 55.2 cm³/mol. The number of ether oxygens (including phenoxy) is 1. The Morgan fingerprint density at radius 2 is 2.00 bits per heavy atom. The Morgan fingerprint density at radius 1 is 1.57 bits per heavy atom. The third kappa shape index (κ3) is 3.68. The highest BCUT2D eigenvalue weighted by molar-refractivity contribution is 6.14. The van der Waals surface area contributed by atoms with Crippen LogP contribution in [0.5, 0.6) is 0 Å². The van der Waals surface area contributed by atoms with Crippen LogP contribution in [0.3, 0.4) is 0 Å². The lowest BCUT2D eigenvalue weighted by molar-refractivity contribution is -0.142. The minimum absolute atomic E-state index is 0.379. The summed E-state index contributed by atoms with van der Waals surface area (Å²) in [7, 11) is 7.26. The smallest absolute Gasteiger partial charge is 0.321 e. The highest BCUT2D eigenvalue weighted by Crippen LogP contribution is 2.30. The number of carbonyl (C=O) groups is 1. The quantitative estimate of drug-likeness (QED) is 0.626. The number of carboxylic acids is 1. The van der Waals surface area contributed by atoms with E-state index < -0.39 is 22.9 Å². The average molecular weight is 199 g/mol. The third-order valence-corrected chi connectivity index (χ3v) is 2.38. The molecule has 0 aromatic heterocycles. The van der Waals surface area contributed by atoms with Crippen LogP contribution in [0.1, 0.15) is 27.2 Å². The van der Waals surface area contributed by atoms with E-state index in [1.165, 1.54) is 7.11 Å². The third-order valence-electron chi connectivity index (χ3n) is 2.38. The van der Waals surface area contributed by atoms with E-state index in [2.05, 4.69) is 0 Å². The molecule has 0 bridgehead atoms. The number of aliphatic carboxylic acids is 1. The van der Waals surface area contributed by atoms with Crippen molar-refractivity contribution >= 4 is 13.8 Å². The van der Waals surface area contributed by atoms with Crippen LogP contribution in [0.4, 0.5) is 0 Å². The van der Waals surface area contributed by atoms with Gasteiger partial charge in [-0.15, -0.1) is 0 Å². The van der Waals surface area contributed by atoms with E-state index in [9.17, 15) is 4.79 Å². The summed E-state index contributed by atoms with van der Waals surface area (Å²) >= 11 is 0. The molecule has 0 spiro atoms. The summed E-state index contributed by atoms with van der Waals surface area (Å²) in [6, 6.07) is -0.944. The van der Waals surface area contributed by atoms with Gasteiger partial charge >= 0.3 is 5.97 Å². The zero-order valence-electron chi connectivity index (χ0n) is 9.20. The normalized spacial score (nSPS) is 18.6. The molecule has 3 N–H and O–H groups in total. The lowest BCUT2D eigenvalue weighted by atomic mass is 9.68. The monoisotopic (exact) mass is 199 g/mol. The van der Waals surface area contributed by atoms with Gasteiger partial charge in [0.25, 0.3) is 0 Å². The number of hydrogen-bond acceptors (Lipinski definition) is 3. The van der Waals surface area contributed by atoms with Gasteiger partial charge in [0.15, 0.2) is 0 Å². The molecule has 80 valence electrons. The van der Waals surface area contributed by atoms with E-state index in [0.29, 0.717) is 6.42 Å². The molecule has 5 heteroatoms. The fourth-order valence-corrected chi connectivity index (χ4v) is 1.42. The lowest BCUT2D eigenvalue weighted by Gasteiger charge is -2.36. The standard InChI is InChI=1S/C9H18BNO3/c1-8(2,6(11)7(12)13)5-9(3,10)14-4/h6H,5,11H2,1-4H3,(H,12,13). The molecule has 0 amide bonds.